The number of aryl methyl sites for hydroxylation is 1. The fourth-order valence-electron chi connectivity index (χ4n) is 2.64. The van der Waals surface area contributed by atoms with Crippen molar-refractivity contribution in [3.8, 4) is 0 Å². The molecule has 1 unspecified atom stereocenters. The molecule has 1 aromatic rings. The van der Waals surface area contributed by atoms with Gasteiger partial charge in [-0.2, -0.15) is 11.8 Å². The normalized spacial score (nSPS) is 18.2. The summed E-state index contributed by atoms with van der Waals surface area (Å²) in [5.74, 6) is 3.40. The van der Waals surface area contributed by atoms with Crippen LogP contribution in [0.4, 0.5) is 5.95 Å². The zero-order valence-corrected chi connectivity index (χ0v) is 12.6. The molecular formula is C14H25N3S. The van der Waals surface area contributed by atoms with Gasteiger partial charge in [-0.25, -0.2) is 4.98 Å². The molecule has 2 rings (SSSR count). The number of anilines is 1. The van der Waals surface area contributed by atoms with E-state index >= 15 is 0 Å². The van der Waals surface area contributed by atoms with E-state index in [0.717, 1.165) is 17.4 Å². The van der Waals surface area contributed by atoms with E-state index in [1.165, 1.54) is 31.4 Å². The van der Waals surface area contributed by atoms with Gasteiger partial charge in [0.25, 0.3) is 0 Å². The summed E-state index contributed by atoms with van der Waals surface area (Å²) in [6.07, 6.45) is 7.55. The quantitative estimate of drug-likeness (QED) is 0.849. The van der Waals surface area contributed by atoms with Gasteiger partial charge in [-0.1, -0.05) is 19.8 Å². The fraction of sp³-hybridized carbons (Fsp3) is 0.786. The highest BCUT2D eigenvalue weighted by Gasteiger charge is 2.20. The Morgan fingerprint density at radius 1 is 1.50 bits per heavy atom. The summed E-state index contributed by atoms with van der Waals surface area (Å²) in [6.45, 7) is 6.54. The van der Waals surface area contributed by atoms with Crippen LogP contribution in [0.5, 0.6) is 0 Å². The van der Waals surface area contributed by atoms with Crippen molar-refractivity contribution in [3.05, 3.63) is 11.9 Å². The molecule has 1 heterocycles. The molecule has 0 spiro atoms. The Kier molecular flexibility index (Phi) is 4.98. The van der Waals surface area contributed by atoms with Crippen LogP contribution in [-0.2, 0) is 0 Å². The molecule has 1 atom stereocenters. The second-order valence-electron chi connectivity index (χ2n) is 5.26. The summed E-state index contributed by atoms with van der Waals surface area (Å²) in [4.78, 5) is 4.65. The van der Waals surface area contributed by atoms with Crippen LogP contribution in [0.2, 0.25) is 0 Å². The summed E-state index contributed by atoms with van der Waals surface area (Å²) in [6, 6.07) is 1.15. The van der Waals surface area contributed by atoms with Gasteiger partial charge in [0.1, 0.15) is 0 Å². The van der Waals surface area contributed by atoms with Crippen molar-refractivity contribution in [3.63, 3.8) is 0 Å². The molecule has 0 amide bonds. The van der Waals surface area contributed by atoms with Gasteiger partial charge in [0.05, 0.1) is 5.69 Å². The van der Waals surface area contributed by atoms with Crippen LogP contribution in [0, 0.1) is 6.92 Å². The van der Waals surface area contributed by atoms with Crippen molar-refractivity contribution in [1.82, 2.24) is 9.55 Å². The van der Waals surface area contributed by atoms with Gasteiger partial charge in [-0.05, 0) is 32.4 Å². The maximum Gasteiger partial charge on any atom is 0.203 e. The molecule has 1 N–H and O–H groups in total. The number of imidazole rings is 1. The summed E-state index contributed by atoms with van der Waals surface area (Å²) in [7, 11) is 0. The third-order valence-electron chi connectivity index (χ3n) is 3.52. The lowest BCUT2D eigenvalue weighted by Gasteiger charge is -2.19. The van der Waals surface area contributed by atoms with Crippen molar-refractivity contribution in [2.24, 2.45) is 0 Å². The van der Waals surface area contributed by atoms with E-state index in [9.17, 15) is 0 Å². The van der Waals surface area contributed by atoms with Gasteiger partial charge in [-0.15, -0.1) is 0 Å². The van der Waals surface area contributed by atoms with Gasteiger partial charge < -0.3 is 9.88 Å². The van der Waals surface area contributed by atoms with E-state index in [-0.39, 0.29) is 0 Å². The second kappa shape index (κ2) is 6.50. The Labute approximate surface area is 115 Å². The SMILES string of the molecule is CCSCC(C)Nc1nc(C)cn1C1CCCC1. The minimum Gasteiger partial charge on any atom is -0.352 e. The van der Waals surface area contributed by atoms with Crippen LogP contribution in [0.25, 0.3) is 0 Å². The Bertz CT molecular complexity index is 369. The zero-order chi connectivity index (χ0) is 13.0. The first kappa shape index (κ1) is 13.8. The van der Waals surface area contributed by atoms with Crippen LogP contribution in [0.3, 0.4) is 0 Å². The number of nitrogens with one attached hydrogen (secondary N) is 1. The van der Waals surface area contributed by atoms with Gasteiger partial charge in [0, 0.05) is 24.0 Å². The molecule has 0 aliphatic heterocycles. The third kappa shape index (κ3) is 3.44. The molecular weight excluding hydrogens is 242 g/mol. The molecule has 1 saturated carbocycles. The Balaban J connectivity index is 2.02. The second-order valence-corrected chi connectivity index (χ2v) is 6.58. The van der Waals surface area contributed by atoms with Crippen LogP contribution in [-0.4, -0.2) is 27.1 Å². The van der Waals surface area contributed by atoms with Crippen molar-refractivity contribution in [1.29, 1.82) is 0 Å². The Morgan fingerprint density at radius 2 is 2.22 bits per heavy atom. The minimum absolute atomic E-state index is 0.483. The van der Waals surface area contributed by atoms with E-state index in [1.54, 1.807) is 0 Å². The summed E-state index contributed by atoms with van der Waals surface area (Å²) < 4.78 is 2.37. The predicted molar refractivity (Wildman–Crippen MR) is 80.6 cm³/mol. The summed E-state index contributed by atoms with van der Waals surface area (Å²) in [5, 5.41) is 3.57. The average molecular weight is 267 g/mol. The number of thioether (sulfide) groups is 1. The molecule has 3 nitrogen and oxygen atoms in total. The highest BCUT2D eigenvalue weighted by molar-refractivity contribution is 7.99. The van der Waals surface area contributed by atoms with Crippen molar-refractivity contribution in [2.45, 2.75) is 58.5 Å². The molecule has 18 heavy (non-hydrogen) atoms. The fourth-order valence-corrected chi connectivity index (χ4v) is 3.31. The zero-order valence-electron chi connectivity index (χ0n) is 11.8. The number of nitrogens with zero attached hydrogens (tertiary/aromatic N) is 2. The topological polar surface area (TPSA) is 29.9 Å². The maximum absolute atomic E-state index is 4.65. The first-order valence-electron chi connectivity index (χ1n) is 7.10. The molecule has 1 aromatic heterocycles. The maximum atomic E-state index is 4.65. The van der Waals surface area contributed by atoms with Crippen LogP contribution >= 0.6 is 11.8 Å². The number of rotatable bonds is 6. The van der Waals surface area contributed by atoms with Gasteiger partial charge >= 0.3 is 0 Å². The van der Waals surface area contributed by atoms with E-state index < -0.39 is 0 Å². The highest BCUT2D eigenvalue weighted by Crippen LogP contribution is 2.32. The van der Waals surface area contributed by atoms with Gasteiger partial charge in [0.2, 0.25) is 5.95 Å². The van der Waals surface area contributed by atoms with E-state index in [0.29, 0.717) is 12.1 Å². The van der Waals surface area contributed by atoms with Crippen LogP contribution < -0.4 is 5.32 Å². The molecule has 1 fully saturated rings. The first-order chi connectivity index (χ1) is 8.70. The molecule has 0 aromatic carbocycles. The van der Waals surface area contributed by atoms with Crippen LogP contribution in [0.15, 0.2) is 6.20 Å². The molecule has 0 saturated heterocycles. The number of hydrogen-bond donors (Lipinski definition) is 1. The summed E-state index contributed by atoms with van der Waals surface area (Å²) >= 11 is 1.98. The molecule has 0 bridgehead atoms. The molecule has 0 radical (unpaired) electrons. The average Bonchev–Trinajstić information content (AvgIpc) is 2.95. The predicted octanol–water partition coefficient (Wildman–Crippen LogP) is 3.86. The Morgan fingerprint density at radius 3 is 2.89 bits per heavy atom. The monoisotopic (exact) mass is 267 g/mol. The first-order valence-corrected chi connectivity index (χ1v) is 8.26. The largest absolute Gasteiger partial charge is 0.352 e. The van der Waals surface area contributed by atoms with Gasteiger partial charge in [0.15, 0.2) is 0 Å². The number of hydrogen-bond acceptors (Lipinski definition) is 3. The minimum atomic E-state index is 0.483. The third-order valence-corrected chi connectivity index (χ3v) is 4.66. The van der Waals surface area contributed by atoms with Crippen molar-refractivity contribution in [2.75, 3.05) is 16.8 Å². The van der Waals surface area contributed by atoms with E-state index in [1.807, 2.05) is 11.8 Å². The lowest BCUT2D eigenvalue weighted by atomic mass is 10.2. The molecule has 4 heteroatoms. The number of aromatic nitrogens is 2. The van der Waals surface area contributed by atoms with E-state index in [2.05, 4.69) is 41.8 Å². The lowest BCUT2D eigenvalue weighted by Crippen LogP contribution is -2.21. The Hall–Kier alpha value is -0.640. The molecule has 1 aliphatic rings. The standard InChI is InChI=1S/C14H25N3S/c1-4-18-10-12(3)16-14-15-11(2)9-17(14)13-7-5-6-8-13/h9,12-13H,4-8,10H2,1-3H3,(H,15,16). The van der Waals surface area contributed by atoms with Crippen molar-refractivity contribution < 1.29 is 0 Å². The van der Waals surface area contributed by atoms with Gasteiger partial charge in [-0.3, -0.25) is 0 Å². The van der Waals surface area contributed by atoms with E-state index in [4.69, 9.17) is 0 Å². The molecule has 102 valence electrons. The summed E-state index contributed by atoms with van der Waals surface area (Å²) in [5.41, 5.74) is 1.12. The smallest absolute Gasteiger partial charge is 0.203 e. The van der Waals surface area contributed by atoms with Crippen LogP contribution in [0.1, 0.15) is 51.3 Å². The highest BCUT2D eigenvalue weighted by atomic mass is 32.2. The lowest BCUT2D eigenvalue weighted by molar-refractivity contribution is 0.521. The molecule has 1 aliphatic carbocycles. The van der Waals surface area contributed by atoms with Crippen molar-refractivity contribution >= 4 is 17.7 Å².